The van der Waals surface area contributed by atoms with Crippen molar-refractivity contribution in [1.82, 2.24) is 0 Å². The van der Waals surface area contributed by atoms with Gasteiger partial charge in [0.1, 0.15) is 28.6 Å². The summed E-state index contributed by atoms with van der Waals surface area (Å²) in [5.74, 6) is -3.37. The first-order valence-corrected chi connectivity index (χ1v) is 8.63. The number of carbonyl (C=O) groups is 1. The van der Waals surface area contributed by atoms with Gasteiger partial charge < -0.3 is 36.2 Å². The van der Waals surface area contributed by atoms with E-state index < -0.39 is 28.7 Å². The van der Waals surface area contributed by atoms with Gasteiger partial charge in [0.25, 0.3) is 5.91 Å². The summed E-state index contributed by atoms with van der Waals surface area (Å²) in [7, 11) is 3.24. The molecule has 0 fully saturated rings. The first kappa shape index (κ1) is 18.3. The second-order valence-electron chi connectivity index (χ2n) is 7.03. The van der Waals surface area contributed by atoms with E-state index in [2.05, 4.69) is 0 Å². The second-order valence-corrected chi connectivity index (χ2v) is 7.03. The van der Waals surface area contributed by atoms with Crippen molar-refractivity contribution < 1.29 is 30.3 Å². The Balaban J connectivity index is 2.34. The summed E-state index contributed by atoms with van der Waals surface area (Å²) in [5.41, 5.74) is 4.94. The van der Waals surface area contributed by atoms with Gasteiger partial charge in [0.05, 0.1) is 21.8 Å². The highest BCUT2D eigenvalue weighted by Gasteiger charge is 2.27. The summed E-state index contributed by atoms with van der Waals surface area (Å²) >= 11 is 0. The minimum Gasteiger partial charge on any atom is -0.507 e. The fourth-order valence-corrected chi connectivity index (χ4v) is 3.88. The number of carbonyl (C=O) groups excluding carboxylic acids is 1. The maximum atomic E-state index is 11.8. The Morgan fingerprint density at radius 2 is 1.48 bits per heavy atom. The number of phenolic OH excluding ortho intramolecular Hbond substituents is 3. The average molecular weight is 394 g/mol. The van der Waals surface area contributed by atoms with Crippen LogP contribution in [-0.4, -0.2) is 45.5 Å². The number of nitrogens with two attached hydrogens (primary N) is 1. The maximum absolute atomic E-state index is 11.8. The lowest BCUT2D eigenvalue weighted by molar-refractivity contribution is 0.0995. The zero-order chi connectivity index (χ0) is 21.2. The molecule has 0 aromatic heterocycles. The molecule has 8 heteroatoms. The van der Waals surface area contributed by atoms with Crippen LogP contribution in [0.15, 0.2) is 30.3 Å². The highest BCUT2D eigenvalue weighted by molar-refractivity contribution is 6.21. The maximum Gasteiger partial charge on any atom is 0.256 e. The second kappa shape index (κ2) is 5.96. The lowest BCUT2D eigenvalue weighted by atomic mass is 9.93. The molecule has 0 atom stereocenters. The number of fused-ring (bicyclic) bond motifs is 3. The average Bonchev–Trinajstić information content (AvgIpc) is 2.60. The Kier molecular flexibility index (Phi) is 3.76. The molecule has 0 radical (unpaired) electrons. The number of rotatable bonds is 2. The van der Waals surface area contributed by atoms with Crippen LogP contribution in [0.1, 0.15) is 10.4 Å². The number of aromatic hydroxyl groups is 5. The number of phenols is 5. The van der Waals surface area contributed by atoms with Crippen molar-refractivity contribution >= 4 is 43.9 Å². The minimum absolute atomic E-state index is 0.0207. The molecule has 8 nitrogen and oxygen atoms in total. The molecule has 4 aromatic carbocycles. The number of anilines is 1. The van der Waals surface area contributed by atoms with Gasteiger partial charge in [0.2, 0.25) is 0 Å². The zero-order valence-corrected chi connectivity index (χ0v) is 15.6. The van der Waals surface area contributed by atoms with Crippen LogP contribution in [0.25, 0.3) is 32.3 Å². The van der Waals surface area contributed by atoms with E-state index in [4.69, 9.17) is 5.73 Å². The Morgan fingerprint density at radius 1 is 0.828 bits per heavy atom. The van der Waals surface area contributed by atoms with Crippen LogP contribution in [0.5, 0.6) is 28.7 Å². The number of nitrogens with zero attached hydrogens (tertiary/aromatic N) is 1. The monoisotopic (exact) mass is 394 g/mol. The van der Waals surface area contributed by atoms with Gasteiger partial charge in [0.15, 0.2) is 5.75 Å². The molecule has 29 heavy (non-hydrogen) atoms. The molecule has 0 heterocycles. The summed E-state index contributed by atoms with van der Waals surface area (Å²) < 4.78 is 0. The molecule has 0 saturated heterocycles. The predicted octanol–water partition coefficient (Wildman–Crippen LogP) is 2.84. The van der Waals surface area contributed by atoms with E-state index in [0.717, 1.165) is 0 Å². The lowest BCUT2D eigenvalue weighted by Crippen LogP contribution is -2.15. The molecule has 0 aliphatic rings. The van der Waals surface area contributed by atoms with Crippen molar-refractivity contribution in [2.75, 3.05) is 19.0 Å². The van der Waals surface area contributed by atoms with Gasteiger partial charge in [-0.15, -0.1) is 0 Å². The molecule has 0 aliphatic heterocycles. The van der Waals surface area contributed by atoms with E-state index in [1.54, 1.807) is 38.4 Å². The highest BCUT2D eigenvalue weighted by Crippen LogP contribution is 2.52. The first-order chi connectivity index (χ1) is 13.6. The molecule has 4 aromatic rings. The summed E-state index contributed by atoms with van der Waals surface area (Å²) in [6, 6.07) is 7.92. The van der Waals surface area contributed by atoms with Crippen molar-refractivity contribution in [2.24, 2.45) is 5.73 Å². The topological polar surface area (TPSA) is 147 Å². The molecule has 0 spiro atoms. The molecule has 1 amide bonds. The molecule has 0 aliphatic carbocycles. The van der Waals surface area contributed by atoms with Crippen LogP contribution in [0.3, 0.4) is 0 Å². The summed E-state index contributed by atoms with van der Waals surface area (Å²) in [6.07, 6.45) is 0. The number of hydrogen-bond acceptors (Lipinski definition) is 7. The SMILES string of the molecule is CN(C)c1c(O)c(C(N)=O)c(O)c2c(O)c3c(O)c4c(O)cccc4cc3cc12. The van der Waals surface area contributed by atoms with Gasteiger partial charge >= 0.3 is 0 Å². The summed E-state index contributed by atoms with van der Waals surface area (Å²) in [4.78, 5) is 13.4. The molecular formula is C21H18N2O6. The van der Waals surface area contributed by atoms with Crippen LogP contribution in [0, 0.1) is 0 Å². The van der Waals surface area contributed by atoms with Crippen molar-refractivity contribution in [3.8, 4) is 28.7 Å². The molecule has 148 valence electrons. The third kappa shape index (κ3) is 2.35. The van der Waals surface area contributed by atoms with Crippen molar-refractivity contribution in [3.63, 3.8) is 0 Å². The van der Waals surface area contributed by atoms with E-state index in [1.807, 2.05) is 0 Å². The number of hydrogen-bond donors (Lipinski definition) is 6. The number of amides is 1. The van der Waals surface area contributed by atoms with Crippen LogP contribution in [0.2, 0.25) is 0 Å². The largest absolute Gasteiger partial charge is 0.507 e. The Hall–Kier alpha value is -4.07. The van der Waals surface area contributed by atoms with Gasteiger partial charge in [-0.1, -0.05) is 12.1 Å². The fourth-order valence-electron chi connectivity index (χ4n) is 3.88. The normalized spacial score (nSPS) is 11.4. The van der Waals surface area contributed by atoms with E-state index in [1.165, 1.54) is 11.0 Å². The number of benzene rings is 4. The molecule has 7 N–H and O–H groups in total. The van der Waals surface area contributed by atoms with E-state index >= 15 is 0 Å². The third-order valence-corrected chi connectivity index (χ3v) is 5.07. The molecule has 0 saturated carbocycles. The molecule has 4 rings (SSSR count). The van der Waals surface area contributed by atoms with E-state index in [9.17, 15) is 30.3 Å². The zero-order valence-electron chi connectivity index (χ0n) is 15.6. The Labute approximate surface area is 164 Å². The molecular weight excluding hydrogens is 376 g/mol. The van der Waals surface area contributed by atoms with Gasteiger partial charge in [0, 0.05) is 19.5 Å². The molecule has 0 bridgehead atoms. The van der Waals surface area contributed by atoms with Gasteiger partial charge in [-0.05, 0) is 29.0 Å². The highest BCUT2D eigenvalue weighted by atomic mass is 16.3. The Morgan fingerprint density at radius 3 is 2.10 bits per heavy atom. The van der Waals surface area contributed by atoms with Gasteiger partial charge in [-0.2, -0.15) is 0 Å². The first-order valence-electron chi connectivity index (χ1n) is 8.63. The van der Waals surface area contributed by atoms with Crippen LogP contribution in [0.4, 0.5) is 5.69 Å². The van der Waals surface area contributed by atoms with Crippen molar-refractivity contribution in [1.29, 1.82) is 0 Å². The smallest absolute Gasteiger partial charge is 0.256 e. The predicted molar refractivity (Wildman–Crippen MR) is 110 cm³/mol. The van der Waals surface area contributed by atoms with Crippen molar-refractivity contribution in [3.05, 3.63) is 35.9 Å². The summed E-state index contributed by atoms with van der Waals surface area (Å²) in [5, 5.41) is 54.2. The van der Waals surface area contributed by atoms with E-state index in [-0.39, 0.29) is 38.7 Å². The van der Waals surface area contributed by atoms with Gasteiger partial charge in [-0.3, -0.25) is 4.79 Å². The standard InChI is InChI=1S/C21H18N2O6/c1-23(2)16-10-7-9-6-8-4-3-5-11(24)12(8)17(25)13(9)18(26)14(10)19(27)15(20(16)28)21(22)29/h3-7,24-28H,1-2H3,(H2,22,29). The lowest BCUT2D eigenvalue weighted by Gasteiger charge is -2.22. The van der Waals surface area contributed by atoms with Crippen LogP contribution in [-0.2, 0) is 0 Å². The van der Waals surface area contributed by atoms with Gasteiger partial charge in [-0.25, -0.2) is 0 Å². The van der Waals surface area contributed by atoms with Crippen LogP contribution < -0.4 is 10.6 Å². The molecule has 0 unspecified atom stereocenters. The fraction of sp³-hybridized carbons (Fsp3) is 0.0952. The Bertz CT molecular complexity index is 1360. The quantitative estimate of drug-likeness (QED) is 0.286. The minimum atomic E-state index is -1.08. The summed E-state index contributed by atoms with van der Waals surface area (Å²) in [6.45, 7) is 0. The number of primary amides is 1. The van der Waals surface area contributed by atoms with Crippen molar-refractivity contribution in [2.45, 2.75) is 0 Å². The van der Waals surface area contributed by atoms with Crippen LogP contribution >= 0.6 is 0 Å². The van der Waals surface area contributed by atoms with E-state index in [0.29, 0.717) is 10.8 Å². The third-order valence-electron chi connectivity index (χ3n) is 5.07.